The van der Waals surface area contributed by atoms with Gasteiger partial charge in [-0.05, 0) is 157 Å². The van der Waals surface area contributed by atoms with E-state index in [1.165, 1.54) is 138 Å². The van der Waals surface area contributed by atoms with Crippen LogP contribution in [0.5, 0.6) is 0 Å². The predicted molar refractivity (Wildman–Crippen MR) is 245 cm³/mol. The molecule has 0 N–H and O–H groups in total. The number of piperidine rings is 2. The fourth-order valence-corrected chi connectivity index (χ4v) is 10.7. The molecule has 0 radical (unpaired) electrons. The quantitative estimate of drug-likeness (QED) is 0.162. The molecule has 2 fully saturated rings. The van der Waals surface area contributed by atoms with Crippen LogP contribution in [0.15, 0.2) is 146 Å². The number of hydrogen-bond acceptors (Lipinski definition) is 2. The Bertz CT molecular complexity index is 2830. The van der Waals surface area contributed by atoms with Gasteiger partial charge in [-0.1, -0.05) is 129 Å². The van der Waals surface area contributed by atoms with E-state index in [0.29, 0.717) is 0 Å². The normalized spacial score (nSPS) is 16.3. The van der Waals surface area contributed by atoms with E-state index in [0.717, 1.165) is 26.2 Å². The number of fused-ring (bicyclic) bond motifs is 6. The molecular formula is C55H50N2. The van der Waals surface area contributed by atoms with Crippen molar-refractivity contribution in [2.75, 3.05) is 36.0 Å². The Labute approximate surface area is 337 Å². The molecule has 3 aliphatic rings. The number of rotatable bonds is 5. The summed E-state index contributed by atoms with van der Waals surface area (Å²) in [6, 6.07) is 56.1. The molecule has 2 nitrogen and oxygen atoms in total. The summed E-state index contributed by atoms with van der Waals surface area (Å²) in [5.41, 5.74) is 16.0. The zero-order valence-electron chi connectivity index (χ0n) is 33.3. The standard InChI is InChI=1S/C55H50N2/c1-55(2)51-19-8-7-17-45(51)46-27-24-40(34-52(46)55)54-48-29-26-41(56-30-9-3-10-31-56)35-49(48)53(47-28-25-42(36-50(47)54)57-32-11-4-12-33-57)39-22-20-38(21-23-39)44-18-13-15-37-14-5-6-16-43(37)44/h5-8,13-29,34-36H,3-4,9-12,30-33H2,1-2H3. The van der Waals surface area contributed by atoms with Crippen molar-refractivity contribution >= 4 is 43.7 Å². The molecule has 0 unspecified atom stereocenters. The Morgan fingerprint density at radius 2 is 0.895 bits per heavy atom. The summed E-state index contributed by atoms with van der Waals surface area (Å²) in [6.45, 7) is 9.31. The molecule has 2 saturated heterocycles. The highest BCUT2D eigenvalue weighted by Gasteiger charge is 2.35. The van der Waals surface area contributed by atoms with Crippen LogP contribution in [-0.4, -0.2) is 26.2 Å². The highest BCUT2D eigenvalue weighted by Crippen LogP contribution is 2.52. The van der Waals surface area contributed by atoms with Gasteiger partial charge in [0, 0.05) is 43.0 Å². The molecule has 57 heavy (non-hydrogen) atoms. The fourth-order valence-electron chi connectivity index (χ4n) is 10.7. The number of benzene rings is 8. The number of anilines is 2. The van der Waals surface area contributed by atoms with Gasteiger partial charge < -0.3 is 9.80 Å². The van der Waals surface area contributed by atoms with E-state index in [1.54, 1.807) is 0 Å². The van der Waals surface area contributed by atoms with Crippen molar-refractivity contribution < 1.29 is 0 Å². The minimum absolute atomic E-state index is 0.0697. The van der Waals surface area contributed by atoms with Gasteiger partial charge in [0.25, 0.3) is 0 Å². The van der Waals surface area contributed by atoms with Gasteiger partial charge in [-0.3, -0.25) is 0 Å². The first-order valence-corrected chi connectivity index (χ1v) is 21.4. The first kappa shape index (κ1) is 34.4. The first-order chi connectivity index (χ1) is 28.0. The van der Waals surface area contributed by atoms with Crippen LogP contribution in [0.4, 0.5) is 11.4 Å². The zero-order chi connectivity index (χ0) is 38.1. The van der Waals surface area contributed by atoms with E-state index in [1.807, 2.05) is 0 Å². The minimum Gasteiger partial charge on any atom is -0.372 e. The maximum atomic E-state index is 2.62. The van der Waals surface area contributed by atoms with Crippen molar-refractivity contribution in [2.24, 2.45) is 0 Å². The molecule has 0 saturated carbocycles. The molecule has 0 atom stereocenters. The monoisotopic (exact) mass is 738 g/mol. The van der Waals surface area contributed by atoms with Crippen LogP contribution in [0.3, 0.4) is 0 Å². The van der Waals surface area contributed by atoms with Gasteiger partial charge in [0.05, 0.1) is 0 Å². The van der Waals surface area contributed by atoms with Crippen LogP contribution < -0.4 is 9.80 Å². The second kappa shape index (κ2) is 13.7. The summed E-state index contributed by atoms with van der Waals surface area (Å²) in [6.07, 6.45) is 7.69. The van der Waals surface area contributed by atoms with Gasteiger partial charge in [-0.25, -0.2) is 0 Å². The van der Waals surface area contributed by atoms with E-state index in [-0.39, 0.29) is 5.41 Å². The first-order valence-electron chi connectivity index (χ1n) is 21.4. The smallest absolute Gasteiger partial charge is 0.0372 e. The van der Waals surface area contributed by atoms with Crippen molar-refractivity contribution in [1.82, 2.24) is 0 Å². The molecular weight excluding hydrogens is 689 g/mol. The van der Waals surface area contributed by atoms with E-state index < -0.39 is 0 Å². The maximum absolute atomic E-state index is 2.62. The molecule has 1 aliphatic carbocycles. The second-order valence-corrected chi connectivity index (χ2v) is 17.3. The highest BCUT2D eigenvalue weighted by molar-refractivity contribution is 6.22. The molecule has 0 amide bonds. The minimum atomic E-state index is -0.0697. The third-order valence-corrected chi connectivity index (χ3v) is 13.7. The van der Waals surface area contributed by atoms with Crippen molar-refractivity contribution in [3.63, 3.8) is 0 Å². The molecule has 0 aromatic heterocycles. The van der Waals surface area contributed by atoms with E-state index in [4.69, 9.17) is 0 Å². The van der Waals surface area contributed by atoms with Crippen LogP contribution in [0.1, 0.15) is 63.5 Å². The zero-order valence-corrected chi connectivity index (χ0v) is 33.3. The van der Waals surface area contributed by atoms with Gasteiger partial charge in [0.15, 0.2) is 0 Å². The SMILES string of the molecule is CC1(C)c2ccccc2-c2ccc(-c3c4ccc(N5CCCCC5)cc4c(-c4ccc(-c5cccc6ccccc56)cc4)c4ccc(N5CCCCC5)cc34)cc21. The van der Waals surface area contributed by atoms with Gasteiger partial charge in [0.1, 0.15) is 0 Å². The molecule has 11 rings (SSSR count). The van der Waals surface area contributed by atoms with Crippen LogP contribution in [-0.2, 0) is 5.41 Å². The summed E-state index contributed by atoms with van der Waals surface area (Å²) < 4.78 is 0. The number of hydrogen-bond donors (Lipinski definition) is 0. The maximum Gasteiger partial charge on any atom is 0.0372 e. The van der Waals surface area contributed by atoms with Crippen molar-refractivity contribution in [2.45, 2.75) is 57.8 Å². The number of nitrogens with zero attached hydrogens (tertiary/aromatic N) is 2. The topological polar surface area (TPSA) is 6.48 Å². The van der Waals surface area contributed by atoms with E-state index >= 15 is 0 Å². The summed E-state index contributed by atoms with van der Waals surface area (Å²) in [4.78, 5) is 5.24. The third-order valence-electron chi connectivity index (χ3n) is 13.7. The van der Waals surface area contributed by atoms with Gasteiger partial charge in [-0.15, -0.1) is 0 Å². The average molecular weight is 739 g/mol. The van der Waals surface area contributed by atoms with Crippen molar-refractivity contribution in [3.8, 4) is 44.5 Å². The summed E-state index contributed by atoms with van der Waals surface area (Å²) >= 11 is 0. The summed E-state index contributed by atoms with van der Waals surface area (Å²) in [5.74, 6) is 0. The van der Waals surface area contributed by atoms with Crippen LogP contribution in [0.25, 0.3) is 76.8 Å². The molecule has 8 aromatic carbocycles. The van der Waals surface area contributed by atoms with Gasteiger partial charge >= 0.3 is 0 Å². The van der Waals surface area contributed by atoms with Gasteiger partial charge in [0.2, 0.25) is 0 Å². The molecule has 2 aliphatic heterocycles. The van der Waals surface area contributed by atoms with Crippen molar-refractivity contribution in [3.05, 3.63) is 157 Å². The fraction of sp³-hybridized carbons (Fsp3) is 0.236. The lowest BCUT2D eigenvalue weighted by Gasteiger charge is -2.30. The predicted octanol–water partition coefficient (Wildman–Crippen LogP) is 14.4. The Morgan fingerprint density at radius 1 is 0.368 bits per heavy atom. The Kier molecular flexibility index (Phi) is 8.24. The Hall–Kier alpha value is -5.86. The molecule has 2 heteroatoms. The summed E-state index contributed by atoms with van der Waals surface area (Å²) in [5, 5.41) is 7.92. The van der Waals surface area contributed by atoms with Crippen molar-refractivity contribution in [1.29, 1.82) is 0 Å². The molecule has 2 heterocycles. The lowest BCUT2D eigenvalue weighted by atomic mass is 9.80. The molecule has 0 bridgehead atoms. The Balaban J connectivity index is 1.17. The summed E-state index contributed by atoms with van der Waals surface area (Å²) in [7, 11) is 0. The van der Waals surface area contributed by atoms with E-state index in [9.17, 15) is 0 Å². The van der Waals surface area contributed by atoms with Crippen LogP contribution in [0, 0.1) is 0 Å². The van der Waals surface area contributed by atoms with Gasteiger partial charge in [-0.2, -0.15) is 0 Å². The lowest BCUT2D eigenvalue weighted by Crippen LogP contribution is -2.29. The largest absolute Gasteiger partial charge is 0.372 e. The highest BCUT2D eigenvalue weighted by atomic mass is 15.1. The molecule has 8 aromatic rings. The van der Waals surface area contributed by atoms with Crippen LogP contribution in [0.2, 0.25) is 0 Å². The van der Waals surface area contributed by atoms with Crippen LogP contribution >= 0.6 is 0 Å². The third kappa shape index (κ3) is 5.67. The molecule has 0 spiro atoms. The molecule has 280 valence electrons. The second-order valence-electron chi connectivity index (χ2n) is 17.3. The Morgan fingerprint density at radius 3 is 1.58 bits per heavy atom. The average Bonchev–Trinajstić information content (AvgIpc) is 3.50. The lowest BCUT2D eigenvalue weighted by molar-refractivity contribution is 0.578. The van der Waals surface area contributed by atoms with E-state index in [2.05, 4.69) is 169 Å².